The van der Waals surface area contributed by atoms with Gasteiger partial charge in [0.15, 0.2) is 5.82 Å². The quantitative estimate of drug-likeness (QED) is 0.318. The number of amides is 5. The molecule has 9 rings (SSSR count). The number of piperidine rings is 2. The monoisotopic (exact) mass is 762 g/mol. The van der Waals surface area contributed by atoms with E-state index in [0.29, 0.717) is 61.9 Å². The first kappa shape index (κ1) is 36.2. The number of phenolic OH excluding ortho intramolecular Hbond substituents is 1. The molecule has 4 saturated heterocycles. The summed E-state index contributed by atoms with van der Waals surface area (Å²) in [5.74, 6) is 0.664. The van der Waals surface area contributed by atoms with Crippen molar-refractivity contribution in [3.63, 3.8) is 0 Å². The fraction of sp³-hybridized carbons (Fsp3) is 0.512. The van der Waals surface area contributed by atoms with Gasteiger partial charge in [-0.05, 0) is 67.5 Å². The Kier molecular flexibility index (Phi) is 9.64. The number of phenols is 1. The Labute approximate surface area is 326 Å². The lowest BCUT2D eigenvalue weighted by atomic mass is 9.94. The third-order valence-electron chi connectivity index (χ3n) is 12.8. The highest BCUT2D eigenvalue weighted by molar-refractivity contribution is 6.05. The number of para-hydroxylation sites is 1. The first-order valence-electron chi connectivity index (χ1n) is 20.2. The molecule has 15 nitrogen and oxygen atoms in total. The number of aromatic hydroxyl groups is 1. The van der Waals surface area contributed by atoms with E-state index in [2.05, 4.69) is 53.4 Å². The van der Waals surface area contributed by atoms with Crippen LogP contribution >= 0.6 is 0 Å². The Morgan fingerprint density at radius 2 is 1.73 bits per heavy atom. The number of hydrogen-bond acceptors (Lipinski definition) is 11. The molecule has 3 aromatic rings. The Morgan fingerprint density at radius 3 is 2.54 bits per heavy atom. The van der Waals surface area contributed by atoms with Crippen LogP contribution in [-0.2, 0) is 16.1 Å². The van der Waals surface area contributed by atoms with Gasteiger partial charge >= 0.3 is 6.03 Å². The molecule has 2 unspecified atom stereocenters. The fourth-order valence-electron chi connectivity index (χ4n) is 9.63. The van der Waals surface area contributed by atoms with Gasteiger partial charge in [-0.2, -0.15) is 0 Å². The van der Waals surface area contributed by atoms with Crippen molar-refractivity contribution in [2.75, 3.05) is 80.6 Å². The number of piperazine rings is 2. The number of rotatable bonds is 6. The van der Waals surface area contributed by atoms with Gasteiger partial charge in [0.05, 0.1) is 17.4 Å². The van der Waals surface area contributed by atoms with Crippen LogP contribution < -0.4 is 20.4 Å². The third kappa shape index (κ3) is 6.75. The van der Waals surface area contributed by atoms with E-state index in [9.17, 15) is 24.3 Å². The highest BCUT2D eigenvalue weighted by atomic mass is 16.3. The van der Waals surface area contributed by atoms with E-state index in [-0.39, 0.29) is 48.0 Å². The highest BCUT2D eigenvalue weighted by Crippen LogP contribution is 2.37. The summed E-state index contributed by atoms with van der Waals surface area (Å²) in [4.78, 5) is 64.6. The maximum atomic E-state index is 14.1. The highest BCUT2D eigenvalue weighted by Gasteiger charge is 2.41. The number of nitrogens with zero attached hydrogens (tertiary/aromatic N) is 8. The van der Waals surface area contributed by atoms with Crippen molar-refractivity contribution < 1.29 is 24.3 Å². The Bertz CT molecular complexity index is 2040. The summed E-state index contributed by atoms with van der Waals surface area (Å²) in [5.41, 5.74) is 4.84. The van der Waals surface area contributed by atoms with Crippen molar-refractivity contribution in [2.45, 2.75) is 63.7 Å². The minimum Gasteiger partial charge on any atom is -0.507 e. The number of nitrogens with one attached hydrogen (secondary N) is 2. The lowest BCUT2D eigenvalue weighted by Crippen LogP contribution is -2.64. The smallest absolute Gasteiger partial charge is 0.320 e. The number of urea groups is 1. The number of carbonyl (C=O) groups excluding carboxylic acids is 4. The molecule has 56 heavy (non-hydrogen) atoms. The van der Waals surface area contributed by atoms with Gasteiger partial charge in [-0.15, -0.1) is 10.2 Å². The number of carbonyl (C=O) groups is 4. The summed E-state index contributed by atoms with van der Waals surface area (Å²) in [5, 5.41) is 25.0. The Hall–Kier alpha value is -5.44. The van der Waals surface area contributed by atoms with Gasteiger partial charge in [-0.1, -0.05) is 25.1 Å². The minimum absolute atomic E-state index is 0.110. The van der Waals surface area contributed by atoms with E-state index >= 15 is 0 Å². The number of fused-ring (bicyclic) bond motifs is 4. The molecule has 0 radical (unpaired) electrons. The van der Waals surface area contributed by atoms with Crippen LogP contribution in [-0.4, -0.2) is 142 Å². The number of hydrogen-bond donors (Lipinski definition) is 3. The summed E-state index contributed by atoms with van der Waals surface area (Å²) < 4.78 is 0. The molecule has 6 aliphatic heterocycles. The second-order valence-electron chi connectivity index (χ2n) is 16.1. The molecule has 3 N–H and O–H groups in total. The maximum Gasteiger partial charge on any atom is 0.320 e. The lowest BCUT2D eigenvalue weighted by Gasteiger charge is -2.49. The SMILES string of the molecule is CCC1CN(CC2CCN(c3ccc4c(c3)C(=O)N(C3CCC(=O)NC3=O)C4)CC2)CCN1C(=O)N1CCN2c3cc(-c4ccccc4O)nnc3NC[C@H]2C1. The summed E-state index contributed by atoms with van der Waals surface area (Å²) >= 11 is 0. The molecule has 4 fully saturated rings. The molecule has 294 valence electrons. The summed E-state index contributed by atoms with van der Waals surface area (Å²) in [6.07, 6.45) is 3.64. The molecule has 5 amide bonds. The molecule has 2 aromatic carbocycles. The second-order valence-corrected chi connectivity index (χ2v) is 16.1. The van der Waals surface area contributed by atoms with Crippen LogP contribution in [0.25, 0.3) is 11.3 Å². The maximum absolute atomic E-state index is 14.1. The molecule has 0 spiro atoms. The Balaban J connectivity index is 0.766. The van der Waals surface area contributed by atoms with Gasteiger partial charge in [0.1, 0.15) is 11.8 Å². The largest absolute Gasteiger partial charge is 0.507 e. The average molecular weight is 763 g/mol. The van der Waals surface area contributed by atoms with Crippen LogP contribution in [0.2, 0.25) is 0 Å². The van der Waals surface area contributed by atoms with Gasteiger partial charge in [0.2, 0.25) is 11.8 Å². The lowest BCUT2D eigenvalue weighted by molar-refractivity contribution is -0.136. The summed E-state index contributed by atoms with van der Waals surface area (Å²) in [6, 6.07) is 15.0. The van der Waals surface area contributed by atoms with Gasteiger partial charge in [0.25, 0.3) is 5.91 Å². The zero-order valence-electron chi connectivity index (χ0n) is 31.9. The minimum atomic E-state index is -0.605. The predicted octanol–water partition coefficient (Wildman–Crippen LogP) is 2.96. The molecular weight excluding hydrogens is 713 g/mol. The fourth-order valence-corrected chi connectivity index (χ4v) is 9.63. The van der Waals surface area contributed by atoms with Gasteiger partial charge in [-0.25, -0.2) is 4.79 Å². The molecule has 7 heterocycles. The van der Waals surface area contributed by atoms with Gasteiger partial charge in [0, 0.05) is 101 Å². The van der Waals surface area contributed by atoms with Crippen LogP contribution in [0.4, 0.5) is 22.0 Å². The van der Waals surface area contributed by atoms with Crippen LogP contribution in [0.15, 0.2) is 48.5 Å². The van der Waals surface area contributed by atoms with E-state index in [1.807, 2.05) is 35.2 Å². The molecule has 0 aliphatic carbocycles. The predicted molar refractivity (Wildman–Crippen MR) is 210 cm³/mol. The van der Waals surface area contributed by atoms with E-state index in [1.54, 1.807) is 17.0 Å². The van der Waals surface area contributed by atoms with Crippen LogP contribution in [0, 0.1) is 5.92 Å². The molecule has 0 saturated carbocycles. The first-order chi connectivity index (χ1) is 27.2. The van der Waals surface area contributed by atoms with Crippen molar-refractivity contribution in [3.05, 3.63) is 59.7 Å². The molecule has 1 aromatic heterocycles. The van der Waals surface area contributed by atoms with Gasteiger partial charge < -0.3 is 34.9 Å². The number of imide groups is 1. The average Bonchev–Trinajstić information content (AvgIpc) is 3.55. The van der Waals surface area contributed by atoms with E-state index in [1.165, 1.54) is 0 Å². The molecule has 6 aliphatic rings. The van der Waals surface area contributed by atoms with Crippen LogP contribution in [0.5, 0.6) is 5.75 Å². The van der Waals surface area contributed by atoms with E-state index in [0.717, 1.165) is 81.3 Å². The van der Waals surface area contributed by atoms with Crippen molar-refractivity contribution in [2.24, 2.45) is 5.92 Å². The summed E-state index contributed by atoms with van der Waals surface area (Å²) in [7, 11) is 0. The van der Waals surface area contributed by atoms with E-state index < -0.39 is 6.04 Å². The van der Waals surface area contributed by atoms with Crippen LogP contribution in [0.3, 0.4) is 0 Å². The third-order valence-corrected chi connectivity index (χ3v) is 12.8. The molecule has 15 heteroatoms. The van der Waals surface area contributed by atoms with Crippen molar-refractivity contribution in [1.82, 2.24) is 35.1 Å². The summed E-state index contributed by atoms with van der Waals surface area (Å²) in [6.45, 7) is 10.5. The molecule has 0 bridgehead atoms. The zero-order valence-corrected chi connectivity index (χ0v) is 31.9. The van der Waals surface area contributed by atoms with E-state index in [4.69, 9.17) is 0 Å². The zero-order chi connectivity index (χ0) is 38.5. The normalized spacial score (nSPS) is 24.4. The molecular formula is C41H50N10O5. The first-order valence-corrected chi connectivity index (χ1v) is 20.2. The standard InChI is InChI=1S/C41H50N10O5/c1-2-28-24-46(22-26-11-13-47(14-12-26)29-8-7-27-23-51(40(55)32(27)19-29)34-9-10-37(53)43-39(34)54)15-17-50(28)41(56)48-16-18-49-30(25-48)21-42-38-35(49)20-33(44-45-38)31-5-3-4-6-36(31)52/h3-8,19-20,26,28,30,34,52H,2,9-18,21-25H2,1H3,(H,42,45)(H,43,53,54)/t28?,30-,34?/m0/s1. The topological polar surface area (TPSA) is 158 Å². The van der Waals surface area contributed by atoms with Crippen molar-refractivity contribution in [3.8, 4) is 17.0 Å². The number of aromatic nitrogens is 2. The van der Waals surface area contributed by atoms with Crippen molar-refractivity contribution in [1.29, 1.82) is 0 Å². The van der Waals surface area contributed by atoms with Gasteiger partial charge in [-0.3, -0.25) is 24.6 Å². The number of anilines is 3. The molecule has 3 atom stereocenters. The van der Waals surface area contributed by atoms with Crippen molar-refractivity contribution >= 4 is 40.9 Å². The second kappa shape index (κ2) is 14.9. The Morgan fingerprint density at radius 1 is 0.893 bits per heavy atom. The number of benzene rings is 2. The van der Waals surface area contributed by atoms with Crippen LogP contribution in [0.1, 0.15) is 54.9 Å².